The van der Waals surface area contributed by atoms with E-state index in [1.807, 2.05) is 6.92 Å². The lowest BCUT2D eigenvalue weighted by Crippen LogP contribution is -2.30. The number of aliphatic carboxylic acids is 1. The van der Waals surface area contributed by atoms with Gasteiger partial charge in [-0.3, -0.25) is 9.59 Å². The fourth-order valence-electron chi connectivity index (χ4n) is 2.17. The summed E-state index contributed by atoms with van der Waals surface area (Å²) in [7, 11) is 1.46. The second kappa shape index (κ2) is 5.26. The standard InChI is InChI=1S/C13H16N2O4/c1-8-3-4-10(11(14-8)19-2)12(16)15-6-5-9(7-15)13(17)18/h3-4,9H,5-7H2,1-2H3,(H,17,18). The normalized spacial score (nSPS) is 18.4. The maximum absolute atomic E-state index is 12.3. The molecule has 1 amide bonds. The van der Waals surface area contributed by atoms with Gasteiger partial charge in [0, 0.05) is 18.8 Å². The first-order valence-corrected chi connectivity index (χ1v) is 6.06. The Balaban J connectivity index is 2.19. The van der Waals surface area contributed by atoms with Crippen molar-refractivity contribution in [2.75, 3.05) is 20.2 Å². The molecule has 1 fully saturated rings. The summed E-state index contributed by atoms with van der Waals surface area (Å²) in [5.41, 5.74) is 1.14. The number of likely N-dealkylation sites (tertiary alicyclic amines) is 1. The monoisotopic (exact) mass is 264 g/mol. The quantitative estimate of drug-likeness (QED) is 0.879. The Kier molecular flexibility index (Phi) is 3.69. The van der Waals surface area contributed by atoms with Crippen molar-refractivity contribution in [3.8, 4) is 5.88 Å². The summed E-state index contributed by atoms with van der Waals surface area (Å²) in [5, 5.41) is 8.95. The molecular formula is C13H16N2O4. The number of ether oxygens (including phenoxy) is 1. The zero-order valence-electron chi connectivity index (χ0n) is 10.9. The van der Waals surface area contributed by atoms with Gasteiger partial charge in [0.25, 0.3) is 5.91 Å². The molecule has 0 radical (unpaired) electrons. The average molecular weight is 264 g/mol. The Morgan fingerprint density at radius 1 is 1.47 bits per heavy atom. The molecule has 0 bridgehead atoms. The topological polar surface area (TPSA) is 79.7 Å². The van der Waals surface area contributed by atoms with Crippen molar-refractivity contribution in [3.63, 3.8) is 0 Å². The predicted octanol–water partition coefficient (Wildman–Crippen LogP) is 0.945. The Bertz CT molecular complexity index is 515. The van der Waals surface area contributed by atoms with Gasteiger partial charge in [-0.05, 0) is 25.5 Å². The highest BCUT2D eigenvalue weighted by atomic mass is 16.5. The van der Waals surface area contributed by atoms with Crippen molar-refractivity contribution < 1.29 is 19.4 Å². The van der Waals surface area contributed by atoms with Gasteiger partial charge in [-0.15, -0.1) is 0 Å². The maximum Gasteiger partial charge on any atom is 0.308 e. The summed E-state index contributed by atoms with van der Waals surface area (Å²) in [5.74, 6) is -1.28. The number of carboxylic acids is 1. The zero-order valence-corrected chi connectivity index (χ0v) is 10.9. The highest BCUT2D eigenvalue weighted by molar-refractivity contribution is 5.96. The van der Waals surface area contributed by atoms with Crippen molar-refractivity contribution in [2.45, 2.75) is 13.3 Å². The molecule has 1 N–H and O–H groups in total. The van der Waals surface area contributed by atoms with E-state index in [4.69, 9.17) is 9.84 Å². The van der Waals surface area contributed by atoms with Gasteiger partial charge in [0.2, 0.25) is 5.88 Å². The molecule has 0 aliphatic carbocycles. The molecule has 0 saturated carbocycles. The molecule has 1 saturated heterocycles. The average Bonchev–Trinajstić information content (AvgIpc) is 2.87. The molecule has 1 aromatic rings. The number of carboxylic acid groups (broad SMARTS) is 1. The van der Waals surface area contributed by atoms with Crippen molar-refractivity contribution in [1.82, 2.24) is 9.88 Å². The minimum Gasteiger partial charge on any atom is -0.481 e. The number of hydrogen-bond donors (Lipinski definition) is 1. The highest BCUT2D eigenvalue weighted by Gasteiger charge is 2.32. The van der Waals surface area contributed by atoms with Crippen LogP contribution in [-0.2, 0) is 4.79 Å². The SMILES string of the molecule is COc1nc(C)ccc1C(=O)N1CCC(C(=O)O)C1. The second-order valence-corrected chi connectivity index (χ2v) is 4.58. The molecule has 6 heteroatoms. The molecule has 0 spiro atoms. The Morgan fingerprint density at radius 3 is 2.79 bits per heavy atom. The summed E-state index contributed by atoms with van der Waals surface area (Å²) in [6, 6.07) is 3.40. The van der Waals surface area contributed by atoms with Gasteiger partial charge in [0.15, 0.2) is 0 Å². The van der Waals surface area contributed by atoms with E-state index in [-0.39, 0.29) is 18.3 Å². The summed E-state index contributed by atoms with van der Waals surface area (Å²) >= 11 is 0. The molecular weight excluding hydrogens is 248 g/mol. The molecule has 2 rings (SSSR count). The smallest absolute Gasteiger partial charge is 0.308 e. The second-order valence-electron chi connectivity index (χ2n) is 4.58. The number of pyridine rings is 1. The van der Waals surface area contributed by atoms with Crippen LogP contribution in [0, 0.1) is 12.8 Å². The Labute approximate surface area is 111 Å². The number of methoxy groups -OCH3 is 1. The third-order valence-electron chi connectivity index (χ3n) is 3.25. The first-order chi connectivity index (χ1) is 9.02. The van der Waals surface area contributed by atoms with E-state index in [0.717, 1.165) is 5.69 Å². The third kappa shape index (κ3) is 2.67. The molecule has 1 aliphatic rings. The summed E-state index contributed by atoms with van der Waals surface area (Å²) < 4.78 is 5.11. The minimum atomic E-state index is -0.857. The van der Waals surface area contributed by atoms with Crippen molar-refractivity contribution in [3.05, 3.63) is 23.4 Å². The number of hydrogen-bond acceptors (Lipinski definition) is 4. The number of rotatable bonds is 3. The number of amides is 1. The fourth-order valence-corrected chi connectivity index (χ4v) is 2.17. The molecule has 1 unspecified atom stereocenters. The number of nitrogens with zero attached hydrogens (tertiary/aromatic N) is 2. The van der Waals surface area contributed by atoms with E-state index in [1.54, 1.807) is 12.1 Å². The molecule has 1 aromatic heterocycles. The van der Waals surface area contributed by atoms with E-state index >= 15 is 0 Å². The van der Waals surface area contributed by atoms with Gasteiger partial charge in [0.1, 0.15) is 5.56 Å². The highest BCUT2D eigenvalue weighted by Crippen LogP contribution is 2.23. The van der Waals surface area contributed by atoms with Gasteiger partial charge in [-0.2, -0.15) is 0 Å². The Morgan fingerprint density at radius 2 is 2.21 bits per heavy atom. The number of carbonyl (C=O) groups excluding carboxylic acids is 1. The van der Waals surface area contributed by atoms with Gasteiger partial charge >= 0.3 is 5.97 Å². The first-order valence-electron chi connectivity index (χ1n) is 6.06. The maximum atomic E-state index is 12.3. The third-order valence-corrected chi connectivity index (χ3v) is 3.25. The van der Waals surface area contributed by atoms with Gasteiger partial charge in [-0.25, -0.2) is 4.98 Å². The van der Waals surface area contributed by atoms with Gasteiger partial charge in [0.05, 0.1) is 13.0 Å². The number of aromatic nitrogens is 1. The number of carbonyl (C=O) groups is 2. The minimum absolute atomic E-state index is 0.229. The van der Waals surface area contributed by atoms with Gasteiger partial charge in [-0.1, -0.05) is 0 Å². The molecule has 19 heavy (non-hydrogen) atoms. The van der Waals surface area contributed by atoms with Gasteiger partial charge < -0.3 is 14.7 Å². The summed E-state index contributed by atoms with van der Waals surface area (Å²) in [6.07, 6.45) is 0.489. The van der Waals surface area contributed by atoms with Crippen LogP contribution >= 0.6 is 0 Å². The van der Waals surface area contributed by atoms with E-state index in [9.17, 15) is 9.59 Å². The molecule has 0 aromatic carbocycles. The molecule has 102 valence electrons. The van der Waals surface area contributed by atoms with E-state index in [2.05, 4.69) is 4.98 Å². The van der Waals surface area contributed by atoms with Crippen LogP contribution in [0.5, 0.6) is 5.88 Å². The van der Waals surface area contributed by atoms with E-state index in [1.165, 1.54) is 12.0 Å². The summed E-state index contributed by atoms with van der Waals surface area (Å²) in [4.78, 5) is 28.9. The van der Waals surface area contributed by atoms with Crippen molar-refractivity contribution >= 4 is 11.9 Å². The van der Waals surface area contributed by atoms with Crippen LogP contribution in [0.15, 0.2) is 12.1 Å². The number of aryl methyl sites for hydroxylation is 1. The first kappa shape index (κ1) is 13.3. The van der Waals surface area contributed by atoms with E-state index < -0.39 is 11.9 Å². The van der Waals surface area contributed by atoms with Crippen molar-refractivity contribution in [2.24, 2.45) is 5.92 Å². The summed E-state index contributed by atoms with van der Waals surface area (Å²) in [6.45, 7) is 2.51. The van der Waals surface area contributed by atoms with Crippen LogP contribution in [0.3, 0.4) is 0 Å². The predicted molar refractivity (Wildman–Crippen MR) is 67.2 cm³/mol. The van der Waals surface area contributed by atoms with Crippen LogP contribution in [0.4, 0.5) is 0 Å². The van der Waals surface area contributed by atoms with Crippen LogP contribution in [0.2, 0.25) is 0 Å². The lowest BCUT2D eigenvalue weighted by Gasteiger charge is -2.17. The van der Waals surface area contributed by atoms with Crippen LogP contribution in [0.1, 0.15) is 22.5 Å². The van der Waals surface area contributed by atoms with Crippen molar-refractivity contribution in [1.29, 1.82) is 0 Å². The Hall–Kier alpha value is -2.11. The zero-order chi connectivity index (χ0) is 14.0. The molecule has 1 aliphatic heterocycles. The largest absolute Gasteiger partial charge is 0.481 e. The van der Waals surface area contributed by atoms with Crippen LogP contribution in [-0.4, -0.2) is 47.1 Å². The molecule has 1 atom stereocenters. The fraction of sp³-hybridized carbons (Fsp3) is 0.462. The molecule has 6 nitrogen and oxygen atoms in total. The van der Waals surface area contributed by atoms with Crippen LogP contribution in [0.25, 0.3) is 0 Å². The lowest BCUT2D eigenvalue weighted by atomic mass is 10.1. The van der Waals surface area contributed by atoms with E-state index in [0.29, 0.717) is 18.5 Å². The van der Waals surface area contributed by atoms with Crippen LogP contribution < -0.4 is 4.74 Å². The molecule has 2 heterocycles. The lowest BCUT2D eigenvalue weighted by molar-refractivity contribution is -0.141.